The second kappa shape index (κ2) is 9.05. The highest BCUT2D eigenvalue weighted by Gasteiger charge is 2.22. The number of carbonyl (C=O) groups excluding carboxylic acids is 1. The molecule has 3 rings (SSSR count). The molecule has 0 atom stereocenters. The summed E-state index contributed by atoms with van der Waals surface area (Å²) in [6.07, 6.45) is 2.55. The largest absolute Gasteiger partial charge is 0.337 e. The zero-order valence-corrected chi connectivity index (χ0v) is 15.5. The van der Waals surface area contributed by atoms with Crippen molar-refractivity contribution in [2.24, 2.45) is 0 Å². The molecule has 1 fully saturated rings. The van der Waals surface area contributed by atoms with Gasteiger partial charge >= 0.3 is 6.55 Å². The summed E-state index contributed by atoms with van der Waals surface area (Å²) < 4.78 is 26.6. The van der Waals surface area contributed by atoms with Crippen molar-refractivity contribution < 1.29 is 13.6 Å². The molecule has 0 aliphatic carbocycles. The van der Waals surface area contributed by atoms with Gasteiger partial charge in [-0.1, -0.05) is 30.3 Å². The van der Waals surface area contributed by atoms with Gasteiger partial charge in [-0.2, -0.15) is 8.78 Å². The Morgan fingerprint density at radius 1 is 1.15 bits per heavy atom. The van der Waals surface area contributed by atoms with E-state index in [-0.39, 0.29) is 18.3 Å². The number of hydrogen-bond acceptors (Lipinski definition) is 4. The van der Waals surface area contributed by atoms with E-state index in [0.717, 1.165) is 37.3 Å². The number of carbonyl (C=O) groups is 1. The minimum absolute atomic E-state index is 0.0736. The van der Waals surface area contributed by atoms with Crippen molar-refractivity contribution in [1.82, 2.24) is 24.3 Å². The maximum Gasteiger partial charge on any atom is 0.319 e. The molecular formula is C19H25F2N5O. The first-order chi connectivity index (χ1) is 13.0. The number of halogens is 2. The van der Waals surface area contributed by atoms with Gasteiger partial charge in [0.05, 0.1) is 13.1 Å². The number of hydrogen-bond donors (Lipinski definition) is 0. The van der Waals surface area contributed by atoms with E-state index >= 15 is 0 Å². The number of imidazole rings is 1. The van der Waals surface area contributed by atoms with E-state index in [0.29, 0.717) is 6.54 Å². The molecule has 1 amide bonds. The van der Waals surface area contributed by atoms with Crippen LogP contribution in [0.2, 0.25) is 0 Å². The molecule has 2 heterocycles. The quantitative estimate of drug-likeness (QED) is 0.741. The van der Waals surface area contributed by atoms with Crippen molar-refractivity contribution in [3.05, 3.63) is 54.1 Å². The lowest BCUT2D eigenvalue weighted by atomic mass is 10.2. The Kier molecular flexibility index (Phi) is 6.52. The van der Waals surface area contributed by atoms with Crippen molar-refractivity contribution in [2.75, 3.05) is 39.8 Å². The van der Waals surface area contributed by atoms with E-state index in [9.17, 15) is 13.6 Å². The zero-order chi connectivity index (χ0) is 19.2. The minimum atomic E-state index is -2.65. The summed E-state index contributed by atoms with van der Waals surface area (Å²) in [6, 6.07) is 10.3. The standard InChI is InChI=1S/C19H25F2N5O/c1-23(14-17-22-7-8-26(17)19(20)21)18(27)15-25-11-9-24(10-12-25)13-16-5-3-2-4-6-16/h2-8,19H,9-15H2,1H3. The molecule has 2 aromatic rings. The Bertz CT molecular complexity index is 729. The first-order valence-electron chi connectivity index (χ1n) is 9.05. The van der Waals surface area contributed by atoms with Gasteiger partial charge in [-0.05, 0) is 5.56 Å². The maximum atomic E-state index is 12.9. The highest BCUT2D eigenvalue weighted by atomic mass is 19.3. The molecule has 0 saturated carbocycles. The van der Waals surface area contributed by atoms with Crippen LogP contribution >= 0.6 is 0 Å². The van der Waals surface area contributed by atoms with Crippen molar-refractivity contribution in [2.45, 2.75) is 19.6 Å². The fourth-order valence-electron chi connectivity index (χ4n) is 3.20. The van der Waals surface area contributed by atoms with Crippen LogP contribution in [0.25, 0.3) is 0 Å². The summed E-state index contributed by atoms with van der Waals surface area (Å²) in [7, 11) is 1.62. The van der Waals surface area contributed by atoms with Gasteiger partial charge in [0.25, 0.3) is 0 Å². The molecule has 0 spiro atoms. The van der Waals surface area contributed by atoms with Gasteiger partial charge in [-0.3, -0.25) is 19.2 Å². The Morgan fingerprint density at radius 2 is 1.81 bits per heavy atom. The van der Waals surface area contributed by atoms with Gasteiger partial charge in [-0.25, -0.2) is 4.98 Å². The second-order valence-corrected chi connectivity index (χ2v) is 6.82. The number of rotatable bonds is 7. The lowest BCUT2D eigenvalue weighted by Gasteiger charge is -2.35. The number of benzene rings is 1. The summed E-state index contributed by atoms with van der Waals surface area (Å²) in [5, 5.41) is 0. The molecule has 0 radical (unpaired) electrons. The van der Waals surface area contributed by atoms with Crippen LogP contribution in [0.15, 0.2) is 42.7 Å². The number of piperazine rings is 1. The number of alkyl halides is 2. The lowest BCUT2D eigenvalue weighted by molar-refractivity contribution is -0.132. The molecule has 1 aromatic heterocycles. The van der Waals surface area contributed by atoms with Gasteiger partial charge < -0.3 is 4.90 Å². The Hall–Kier alpha value is -2.32. The Morgan fingerprint density at radius 3 is 2.48 bits per heavy atom. The van der Waals surface area contributed by atoms with Crippen LogP contribution in [0.1, 0.15) is 17.9 Å². The predicted molar refractivity (Wildman–Crippen MR) is 98.1 cm³/mol. The molecule has 1 aliphatic heterocycles. The highest BCUT2D eigenvalue weighted by Crippen LogP contribution is 2.14. The van der Waals surface area contributed by atoms with E-state index in [4.69, 9.17) is 0 Å². The summed E-state index contributed by atoms with van der Waals surface area (Å²) >= 11 is 0. The van der Waals surface area contributed by atoms with Gasteiger partial charge in [-0.15, -0.1) is 0 Å². The van der Waals surface area contributed by atoms with Crippen LogP contribution in [0.3, 0.4) is 0 Å². The average molecular weight is 377 g/mol. The molecule has 8 heteroatoms. The molecular weight excluding hydrogens is 352 g/mol. The van der Waals surface area contributed by atoms with Crippen LogP contribution in [0.4, 0.5) is 8.78 Å². The van der Waals surface area contributed by atoms with E-state index in [1.807, 2.05) is 18.2 Å². The van der Waals surface area contributed by atoms with E-state index < -0.39 is 6.55 Å². The third kappa shape index (κ3) is 5.33. The van der Waals surface area contributed by atoms with E-state index in [1.54, 1.807) is 7.05 Å². The third-order valence-electron chi connectivity index (χ3n) is 4.84. The number of aromatic nitrogens is 2. The van der Waals surface area contributed by atoms with Gasteiger partial charge in [0.1, 0.15) is 5.82 Å². The van der Waals surface area contributed by atoms with Gasteiger partial charge in [0.15, 0.2) is 0 Å². The molecule has 6 nitrogen and oxygen atoms in total. The lowest BCUT2D eigenvalue weighted by Crippen LogP contribution is -2.49. The molecule has 1 aliphatic rings. The van der Waals surface area contributed by atoms with Crippen molar-refractivity contribution in [1.29, 1.82) is 0 Å². The van der Waals surface area contributed by atoms with Crippen molar-refractivity contribution in [3.63, 3.8) is 0 Å². The number of likely N-dealkylation sites (N-methyl/N-ethyl adjacent to an activating group) is 1. The van der Waals surface area contributed by atoms with Crippen molar-refractivity contribution in [3.8, 4) is 0 Å². The molecule has 146 valence electrons. The van der Waals surface area contributed by atoms with Crippen molar-refractivity contribution >= 4 is 5.91 Å². The summed E-state index contributed by atoms with van der Waals surface area (Å²) in [5.74, 6) is 0.101. The molecule has 27 heavy (non-hydrogen) atoms. The first-order valence-corrected chi connectivity index (χ1v) is 9.05. The molecule has 1 aromatic carbocycles. The van der Waals surface area contributed by atoms with Crippen LogP contribution in [0, 0.1) is 0 Å². The van der Waals surface area contributed by atoms with Crippen LogP contribution in [-0.2, 0) is 17.9 Å². The molecule has 0 bridgehead atoms. The number of nitrogens with zero attached hydrogens (tertiary/aromatic N) is 5. The number of amides is 1. The summed E-state index contributed by atoms with van der Waals surface area (Å²) in [6.45, 7) is 2.08. The maximum absolute atomic E-state index is 12.9. The average Bonchev–Trinajstić information content (AvgIpc) is 3.12. The fourth-order valence-corrected chi connectivity index (χ4v) is 3.20. The first kappa shape index (κ1) is 19.4. The Balaban J connectivity index is 1.44. The van der Waals surface area contributed by atoms with Crippen LogP contribution < -0.4 is 0 Å². The highest BCUT2D eigenvalue weighted by molar-refractivity contribution is 5.77. The molecule has 1 saturated heterocycles. The van der Waals surface area contributed by atoms with Crippen LogP contribution in [0.5, 0.6) is 0 Å². The Labute approximate surface area is 158 Å². The minimum Gasteiger partial charge on any atom is -0.337 e. The second-order valence-electron chi connectivity index (χ2n) is 6.82. The van der Waals surface area contributed by atoms with E-state index in [1.165, 1.54) is 22.9 Å². The third-order valence-corrected chi connectivity index (χ3v) is 4.84. The monoisotopic (exact) mass is 377 g/mol. The zero-order valence-electron chi connectivity index (χ0n) is 15.5. The summed E-state index contributed by atoms with van der Waals surface area (Å²) in [4.78, 5) is 22.3. The normalized spacial score (nSPS) is 16.0. The van der Waals surface area contributed by atoms with Gasteiger partial charge in [0, 0.05) is 52.2 Å². The van der Waals surface area contributed by atoms with E-state index in [2.05, 4.69) is 26.9 Å². The smallest absolute Gasteiger partial charge is 0.319 e. The molecule has 0 unspecified atom stereocenters. The van der Waals surface area contributed by atoms with Gasteiger partial charge in [0.2, 0.25) is 5.91 Å². The topological polar surface area (TPSA) is 44.6 Å². The fraction of sp³-hybridized carbons (Fsp3) is 0.474. The SMILES string of the molecule is CN(Cc1nccn1C(F)F)C(=O)CN1CCN(Cc2ccccc2)CC1. The predicted octanol–water partition coefficient (Wildman–Crippen LogP) is 2.05. The van der Waals surface area contributed by atoms with Crippen LogP contribution in [-0.4, -0.2) is 69.9 Å². The molecule has 0 N–H and O–H groups in total. The summed E-state index contributed by atoms with van der Waals surface area (Å²) in [5.41, 5.74) is 1.29.